The third kappa shape index (κ3) is 2.19. The first-order valence-corrected chi connectivity index (χ1v) is 5.65. The maximum atomic E-state index is 12.4. The first kappa shape index (κ1) is 11.4. The Hall–Kier alpha value is -1.10. The summed E-state index contributed by atoms with van der Waals surface area (Å²) in [6, 6.07) is 5.39. The number of hydrogen-bond donors (Lipinski definition) is 0. The molecule has 16 heavy (non-hydrogen) atoms. The number of nitrogens with zero attached hydrogens (tertiary/aromatic N) is 1. The molecule has 0 saturated heterocycles. The van der Waals surface area contributed by atoms with Crippen LogP contribution in [0.5, 0.6) is 0 Å². The minimum absolute atomic E-state index is 0.361. The second-order valence-electron chi connectivity index (χ2n) is 3.38. The molecule has 5 heteroatoms. The number of hydrogen-bond acceptors (Lipinski definition) is 1. The normalized spacial score (nSPS) is 12.0. The Morgan fingerprint density at radius 1 is 1.19 bits per heavy atom. The van der Waals surface area contributed by atoms with Crippen molar-refractivity contribution in [2.24, 2.45) is 0 Å². The number of halogens is 4. The number of rotatable bonds is 1. The molecule has 0 bridgehead atoms. The smallest absolute Gasteiger partial charge is 0.256 e. The van der Waals surface area contributed by atoms with E-state index in [-0.39, 0.29) is 0 Å². The van der Waals surface area contributed by atoms with Crippen LogP contribution >= 0.6 is 15.9 Å². The lowest BCUT2D eigenvalue weighted by Crippen LogP contribution is -2.04. The Morgan fingerprint density at radius 3 is 2.56 bits per heavy atom. The van der Waals surface area contributed by atoms with Gasteiger partial charge in [-0.1, -0.05) is 22.0 Å². The third-order valence-corrected chi connectivity index (χ3v) is 2.87. The van der Waals surface area contributed by atoms with E-state index in [9.17, 15) is 13.2 Å². The molecule has 1 heterocycles. The van der Waals surface area contributed by atoms with Gasteiger partial charge in [0.2, 0.25) is 0 Å². The number of alkyl halides is 4. The zero-order chi connectivity index (χ0) is 11.8. The van der Waals surface area contributed by atoms with Gasteiger partial charge in [0.05, 0.1) is 11.1 Å². The van der Waals surface area contributed by atoms with E-state index in [2.05, 4.69) is 20.9 Å². The van der Waals surface area contributed by atoms with Crippen LogP contribution in [-0.2, 0) is 11.5 Å². The van der Waals surface area contributed by atoms with Gasteiger partial charge in [0.25, 0.3) is 0 Å². The molecule has 0 aliphatic carbocycles. The molecule has 0 radical (unpaired) electrons. The molecule has 0 amide bonds. The van der Waals surface area contributed by atoms with E-state index in [0.717, 1.165) is 17.7 Å². The minimum atomic E-state index is -4.32. The van der Waals surface area contributed by atoms with Crippen molar-refractivity contribution in [2.45, 2.75) is 11.5 Å². The fourth-order valence-electron chi connectivity index (χ4n) is 1.42. The van der Waals surface area contributed by atoms with Crippen LogP contribution in [0.3, 0.4) is 0 Å². The van der Waals surface area contributed by atoms with Crippen LogP contribution in [0.2, 0.25) is 0 Å². The summed E-state index contributed by atoms with van der Waals surface area (Å²) in [6.45, 7) is 0. The van der Waals surface area contributed by atoms with Crippen molar-refractivity contribution in [3.8, 4) is 0 Å². The van der Waals surface area contributed by atoms with Crippen LogP contribution < -0.4 is 0 Å². The Bertz CT molecular complexity index is 522. The summed E-state index contributed by atoms with van der Waals surface area (Å²) >= 11 is 3.27. The summed E-state index contributed by atoms with van der Waals surface area (Å²) in [4.78, 5) is 4.00. The quantitative estimate of drug-likeness (QED) is 0.719. The number of fused-ring (bicyclic) bond motifs is 1. The van der Waals surface area contributed by atoms with Crippen LogP contribution in [0.4, 0.5) is 13.2 Å². The van der Waals surface area contributed by atoms with Crippen LogP contribution in [0.1, 0.15) is 11.1 Å². The predicted octanol–water partition coefficient (Wildman–Crippen LogP) is 4.15. The minimum Gasteiger partial charge on any atom is -0.256 e. The monoisotopic (exact) mass is 289 g/mol. The molecule has 2 rings (SSSR count). The SMILES string of the molecule is FC(F)(F)c1ccc2cc(CBr)cnc2c1. The van der Waals surface area contributed by atoms with E-state index in [1.807, 2.05) is 6.07 Å². The largest absolute Gasteiger partial charge is 0.416 e. The van der Waals surface area contributed by atoms with Crippen molar-refractivity contribution in [2.75, 3.05) is 0 Å². The highest BCUT2D eigenvalue weighted by molar-refractivity contribution is 9.08. The molecular formula is C11H7BrF3N. The molecular weight excluding hydrogens is 283 g/mol. The molecule has 0 fully saturated rings. The third-order valence-electron chi connectivity index (χ3n) is 2.22. The highest BCUT2D eigenvalue weighted by Crippen LogP contribution is 2.31. The van der Waals surface area contributed by atoms with Crippen LogP contribution in [0, 0.1) is 0 Å². The molecule has 1 aromatic heterocycles. The van der Waals surface area contributed by atoms with E-state index >= 15 is 0 Å². The van der Waals surface area contributed by atoms with E-state index in [4.69, 9.17) is 0 Å². The highest BCUT2D eigenvalue weighted by atomic mass is 79.9. The van der Waals surface area contributed by atoms with Gasteiger partial charge in [-0.15, -0.1) is 0 Å². The second kappa shape index (κ2) is 4.05. The fourth-order valence-corrected chi connectivity index (χ4v) is 1.72. The maximum absolute atomic E-state index is 12.4. The summed E-state index contributed by atoms with van der Waals surface area (Å²) in [5.41, 5.74) is 0.630. The van der Waals surface area contributed by atoms with Gasteiger partial charge in [0, 0.05) is 16.9 Å². The van der Waals surface area contributed by atoms with Gasteiger partial charge in [-0.05, 0) is 23.8 Å². The average molecular weight is 290 g/mol. The summed E-state index contributed by atoms with van der Waals surface area (Å²) in [5.74, 6) is 0. The number of benzene rings is 1. The number of aromatic nitrogens is 1. The lowest BCUT2D eigenvalue weighted by Gasteiger charge is -2.07. The molecule has 0 spiro atoms. The standard InChI is InChI=1S/C11H7BrF3N/c12-5-7-3-8-1-2-9(11(13,14)15)4-10(8)16-6-7/h1-4,6H,5H2. The van der Waals surface area contributed by atoms with Gasteiger partial charge in [-0.25, -0.2) is 0 Å². The molecule has 1 nitrogen and oxygen atoms in total. The highest BCUT2D eigenvalue weighted by Gasteiger charge is 2.30. The van der Waals surface area contributed by atoms with Crippen LogP contribution in [0.15, 0.2) is 30.5 Å². The van der Waals surface area contributed by atoms with E-state index in [1.54, 1.807) is 6.20 Å². The van der Waals surface area contributed by atoms with Crippen molar-refractivity contribution in [3.63, 3.8) is 0 Å². The van der Waals surface area contributed by atoms with E-state index in [0.29, 0.717) is 16.2 Å². The Morgan fingerprint density at radius 2 is 1.94 bits per heavy atom. The van der Waals surface area contributed by atoms with Crippen LogP contribution in [0.25, 0.3) is 10.9 Å². The molecule has 0 N–H and O–H groups in total. The van der Waals surface area contributed by atoms with Gasteiger partial charge in [0.1, 0.15) is 0 Å². The summed E-state index contributed by atoms with van der Waals surface area (Å²) < 4.78 is 37.3. The van der Waals surface area contributed by atoms with Crippen molar-refractivity contribution in [1.29, 1.82) is 0 Å². The maximum Gasteiger partial charge on any atom is 0.416 e. The summed E-state index contributed by atoms with van der Waals surface area (Å²) in [7, 11) is 0. The second-order valence-corrected chi connectivity index (χ2v) is 3.94. The van der Waals surface area contributed by atoms with Gasteiger partial charge in [0.15, 0.2) is 0 Å². The Balaban J connectivity index is 2.56. The van der Waals surface area contributed by atoms with E-state index in [1.165, 1.54) is 6.07 Å². The lowest BCUT2D eigenvalue weighted by atomic mass is 10.1. The molecule has 0 unspecified atom stereocenters. The van der Waals surface area contributed by atoms with Crippen molar-refractivity contribution < 1.29 is 13.2 Å². The topological polar surface area (TPSA) is 12.9 Å². The molecule has 0 aliphatic heterocycles. The number of pyridine rings is 1. The molecule has 0 atom stereocenters. The summed E-state index contributed by atoms with van der Waals surface area (Å²) in [6.07, 6.45) is -2.75. The Kier molecular flexibility index (Phi) is 2.88. The zero-order valence-electron chi connectivity index (χ0n) is 8.05. The molecule has 2 aromatic rings. The van der Waals surface area contributed by atoms with Crippen molar-refractivity contribution in [1.82, 2.24) is 4.98 Å². The molecule has 1 aromatic carbocycles. The Labute approximate surface area is 98.4 Å². The van der Waals surface area contributed by atoms with Gasteiger partial charge in [-0.3, -0.25) is 4.98 Å². The van der Waals surface area contributed by atoms with Gasteiger partial charge < -0.3 is 0 Å². The average Bonchev–Trinajstić information content (AvgIpc) is 2.26. The van der Waals surface area contributed by atoms with Gasteiger partial charge >= 0.3 is 6.18 Å². The molecule has 84 valence electrons. The molecule has 0 saturated carbocycles. The first-order chi connectivity index (χ1) is 7.50. The van der Waals surface area contributed by atoms with Crippen LogP contribution in [-0.4, -0.2) is 4.98 Å². The fraction of sp³-hybridized carbons (Fsp3) is 0.182. The summed E-state index contributed by atoms with van der Waals surface area (Å²) in [5, 5.41) is 1.35. The lowest BCUT2D eigenvalue weighted by molar-refractivity contribution is -0.137. The molecule has 0 aliphatic rings. The van der Waals surface area contributed by atoms with Gasteiger partial charge in [-0.2, -0.15) is 13.2 Å². The van der Waals surface area contributed by atoms with E-state index < -0.39 is 11.7 Å². The van der Waals surface area contributed by atoms with Crippen molar-refractivity contribution in [3.05, 3.63) is 41.6 Å². The first-order valence-electron chi connectivity index (χ1n) is 4.52. The zero-order valence-corrected chi connectivity index (χ0v) is 9.64. The predicted molar refractivity (Wildman–Crippen MR) is 59.4 cm³/mol. The van der Waals surface area contributed by atoms with Crippen molar-refractivity contribution >= 4 is 26.8 Å².